The third-order valence-electron chi connectivity index (χ3n) is 2.86. The lowest BCUT2D eigenvalue weighted by Gasteiger charge is -2.08. The Balaban J connectivity index is 2.41. The molecular weight excluding hydrogens is 226 g/mol. The second kappa shape index (κ2) is 4.92. The number of carbonyl (C=O) groups is 1. The maximum Gasteiger partial charge on any atom is 0.159 e. The molecule has 0 aromatic heterocycles. The minimum absolute atomic E-state index is 0.0166. The zero-order valence-electron chi connectivity index (χ0n) is 10.4. The van der Waals surface area contributed by atoms with E-state index >= 15 is 0 Å². The fourth-order valence-corrected chi connectivity index (χ4v) is 1.82. The number of methoxy groups -OCH3 is 1. The molecule has 0 atom stereocenters. The van der Waals surface area contributed by atoms with Crippen LogP contribution in [0.3, 0.4) is 0 Å². The molecule has 0 radical (unpaired) electrons. The van der Waals surface area contributed by atoms with Crippen LogP contribution < -0.4 is 10.5 Å². The third kappa shape index (κ3) is 2.35. The number of rotatable bonds is 3. The van der Waals surface area contributed by atoms with E-state index in [4.69, 9.17) is 10.5 Å². The van der Waals surface area contributed by atoms with Crippen LogP contribution in [0.25, 0.3) is 11.1 Å². The van der Waals surface area contributed by atoms with Gasteiger partial charge in [0, 0.05) is 16.8 Å². The van der Waals surface area contributed by atoms with Gasteiger partial charge in [-0.05, 0) is 30.7 Å². The number of hydrogen-bond donors (Lipinski definition) is 1. The van der Waals surface area contributed by atoms with Gasteiger partial charge in [-0.3, -0.25) is 4.79 Å². The number of nitrogen functional groups attached to an aromatic ring is 1. The highest BCUT2D eigenvalue weighted by atomic mass is 16.5. The highest BCUT2D eigenvalue weighted by Gasteiger charge is 2.06. The summed E-state index contributed by atoms with van der Waals surface area (Å²) in [4.78, 5) is 11.3. The van der Waals surface area contributed by atoms with E-state index in [1.54, 1.807) is 19.2 Å². The number of benzene rings is 2. The number of anilines is 1. The SMILES string of the molecule is COc1ccc(-c2ccc(C(C)=O)cc2N)cc1. The van der Waals surface area contributed by atoms with Crippen LogP contribution >= 0.6 is 0 Å². The third-order valence-corrected chi connectivity index (χ3v) is 2.86. The second-order valence-corrected chi connectivity index (χ2v) is 4.09. The van der Waals surface area contributed by atoms with Crippen molar-refractivity contribution in [3.8, 4) is 16.9 Å². The molecule has 0 unspecified atom stereocenters. The molecule has 0 saturated heterocycles. The van der Waals surface area contributed by atoms with Crippen molar-refractivity contribution in [3.63, 3.8) is 0 Å². The predicted octanol–water partition coefficient (Wildman–Crippen LogP) is 3.15. The minimum Gasteiger partial charge on any atom is -0.497 e. The molecule has 0 spiro atoms. The van der Waals surface area contributed by atoms with E-state index in [9.17, 15) is 4.79 Å². The van der Waals surface area contributed by atoms with Gasteiger partial charge >= 0.3 is 0 Å². The molecule has 0 bridgehead atoms. The van der Waals surface area contributed by atoms with Crippen LogP contribution in [0.2, 0.25) is 0 Å². The first-order valence-electron chi connectivity index (χ1n) is 5.66. The molecule has 0 heterocycles. The quantitative estimate of drug-likeness (QED) is 0.663. The van der Waals surface area contributed by atoms with Crippen LogP contribution in [-0.4, -0.2) is 12.9 Å². The monoisotopic (exact) mass is 241 g/mol. The number of Topliss-reactive ketones (excluding diaryl/α,β-unsaturated/α-hetero) is 1. The summed E-state index contributed by atoms with van der Waals surface area (Å²) in [6, 6.07) is 13.0. The molecule has 0 amide bonds. The summed E-state index contributed by atoms with van der Waals surface area (Å²) in [5, 5.41) is 0. The first kappa shape index (κ1) is 12.2. The van der Waals surface area contributed by atoms with E-state index in [0.717, 1.165) is 16.9 Å². The Morgan fingerprint density at radius 1 is 1.11 bits per heavy atom. The number of ether oxygens (including phenoxy) is 1. The molecule has 0 saturated carbocycles. The second-order valence-electron chi connectivity index (χ2n) is 4.09. The molecule has 3 heteroatoms. The lowest BCUT2D eigenvalue weighted by molar-refractivity contribution is 0.101. The maximum absolute atomic E-state index is 11.3. The Labute approximate surface area is 106 Å². The van der Waals surface area contributed by atoms with Gasteiger partial charge in [-0.15, -0.1) is 0 Å². The van der Waals surface area contributed by atoms with Crippen LogP contribution in [0.4, 0.5) is 5.69 Å². The predicted molar refractivity (Wildman–Crippen MR) is 72.8 cm³/mol. The van der Waals surface area contributed by atoms with Gasteiger partial charge in [0.05, 0.1) is 7.11 Å². The van der Waals surface area contributed by atoms with Crippen LogP contribution in [0, 0.1) is 0 Å². The molecule has 2 N–H and O–H groups in total. The number of carbonyl (C=O) groups excluding carboxylic acids is 1. The largest absolute Gasteiger partial charge is 0.497 e. The van der Waals surface area contributed by atoms with Crippen molar-refractivity contribution < 1.29 is 9.53 Å². The summed E-state index contributed by atoms with van der Waals surface area (Å²) in [6.07, 6.45) is 0. The lowest BCUT2D eigenvalue weighted by Crippen LogP contribution is -1.96. The van der Waals surface area contributed by atoms with Gasteiger partial charge in [-0.2, -0.15) is 0 Å². The van der Waals surface area contributed by atoms with Crippen molar-refractivity contribution in [2.75, 3.05) is 12.8 Å². The summed E-state index contributed by atoms with van der Waals surface area (Å²) in [5.74, 6) is 0.820. The summed E-state index contributed by atoms with van der Waals surface area (Å²) >= 11 is 0. The molecule has 0 aliphatic heterocycles. The first-order chi connectivity index (χ1) is 8.61. The molecule has 0 aliphatic rings. The van der Waals surface area contributed by atoms with Crippen molar-refractivity contribution >= 4 is 11.5 Å². The van der Waals surface area contributed by atoms with Crippen LogP contribution in [0.15, 0.2) is 42.5 Å². The van der Waals surface area contributed by atoms with Crippen molar-refractivity contribution in [3.05, 3.63) is 48.0 Å². The number of hydrogen-bond acceptors (Lipinski definition) is 3. The zero-order chi connectivity index (χ0) is 13.1. The topological polar surface area (TPSA) is 52.3 Å². The molecule has 2 rings (SSSR count). The highest BCUT2D eigenvalue weighted by Crippen LogP contribution is 2.28. The van der Waals surface area contributed by atoms with Crippen LogP contribution in [0.5, 0.6) is 5.75 Å². The molecule has 2 aromatic rings. The average molecular weight is 241 g/mol. The van der Waals surface area contributed by atoms with E-state index < -0.39 is 0 Å². The zero-order valence-corrected chi connectivity index (χ0v) is 10.4. The lowest BCUT2D eigenvalue weighted by atomic mass is 10.0. The van der Waals surface area contributed by atoms with Gasteiger partial charge in [0.25, 0.3) is 0 Å². The highest BCUT2D eigenvalue weighted by molar-refractivity contribution is 5.96. The van der Waals surface area contributed by atoms with Gasteiger partial charge in [0.2, 0.25) is 0 Å². The van der Waals surface area contributed by atoms with Crippen molar-refractivity contribution in [2.24, 2.45) is 0 Å². The summed E-state index contributed by atoms with van der Waals surface area (Å²) < 4.78 is 5.11. The minimum atomic E-state index is 0.0166. The number of ketones is 1. The molecule has 0 fully saturated rings. The molecule has 2 aromatic carbocycles. The molecule has 18 heavy (non-hydrogen) atoms. The summed E-state index contributed by atoms with van der Waals surface area (Å²) in [7, 11) is 1.63. The number of nitrogens with two attached hydrogens (primary N) is 1. The Kier molecular flexibility index (Phi) is 3.33. The first-order valence-corrected chi connectivity index (χ1v) is 5.66. The Morgan fingerprint density at radius 3 is 2.28 bits per heavy atom. The Morgan fingerprint density at radius 2 is 1.78 bits per heavy atom. The van der Waals surface area contributed by atoms with E-state index in [1.807, 2.05) is 30.3 Å². The standard InChI is InChI=1S/C15H15NO2/c1-10(17)12-5-8-14(15(16)9-12)11-3-6-13(18-2)7-4-11/h3-9H,16H2,1-2H3. The van der Waals surface area contributed by atoms with Crippen molar-refractivity contribution in [2.45, 2.75) is 6.92 Å². The van der Waals surface area contributed by atoms with Gasteiger partial charge in [0.15, 0.2) is 5.78 Å². The normalized spacial score (nSPS) is 10.1. The maximum atomic E-state index is 11.3. The average Bonchev–Trinajstić information content (AvgIpc) is 2.38. The van der Waals surface area contributed by atoms with E-state index in [-0.39, 0.29) is 5.78 Å². The fraction of sp³-hybridized carbons (Fsp3) is 0.133. The molecule has 92 valence electrons. The van der Waals surface area contributed by atoms with Crippen LogP contribution in [-0.2, 0) is 0 Å². The molecule has 3 nitrogen and oxygen atoms in total. The molecular formula is C15H15NO2. The Bertz CT molecular complexity index is 574. The molecule has 0 aliphatic carbocycles. The summed E-state index contributed by atoms with van der Waals surface area (Å²) in [6.45, 7) is 1.53. The van der Waals surface area contributed by atoms with Gasteiger partial charge in [-0.1, -0.05) is 24.3 Å². The van der Waals surface area contributed by atoms with E-state index in [1.165, 1.54) is 6.92 Å². The van der Waals surface area contributed by atoms with Gasteiger partial charge in [0.1, 0.15) is 5.75 Å². The fourth-order valence-electron chi connectivity index (χ4n) is 1.82. The smallest absolute Gasteiger partial charge is 0.159 e. The Hall–Kier alpha value is -2.29. The van der Waals surface area contributed by atoms with Crippen molar-refractivity contribution in [1.29, 1.82) is 0 Å². The van der Waals surface area contributed by atoms with E-state index in [0.29, 0.717) is 11.3 Å². The summed E-state index contributed by atoms with van der Waals surface area (Å²) in [5.41, 5.74) is 9.13. The van der Waals surface area contributed by atoms with E-state index in [2.05, 4.69) is 0 Å². The van der Waals surface area contributed by atoms with Gasteiger partial charge < -0.3 is 10.5 Å². The van der Waals surface area contributed by atoms with Crippen molar-refractivity contribution in [1.82, 2.24) is 0 Å². The van der Waals surface area contributed by atoms with Gasteiger partial charge in [-0.25, -0.2) is 0 Å². The van der Waals surface area contributed by atoms with Crippen LogP contribution in [0.1, 0.15) is 17.3 Å².